The molecule has 1 N–H and O–H groups in total. The van der Waals surface area contributed by atoms with Gasteiger partial charge in [0.15, 0.2) is 0 Å². The van der Waals surface area contributed by atoms with Crippen molar-refractivity contribution in [2.24, 2.45) is 0 Å². The molecule has 2 unspecified atom stereocenters. The molecule has 0 fully saturated rings. The zero-order valence-electron chi connectivity index (χ0n) is 48.9. The second-order valence-electron chi connectivity index (χ2n) is 22.8. The van der Waals surface area contributed by atoms with Crippen LogP contribution in [0.25, 0.3) is 0 Å². The van der Waals surface area contributed by atoms with Gasteiger partial charge >= 0.3 is 13.8 Å². The molecule has 9 heteroatoms. The lowest BCUT2D eigenvalue weighted by molar-refractivity contribution is -0.870. The molecule has 0 spiro atoms. The summed E-state index contributed by atoms with van der Waals surface area (Å²) in [5, 5.41) is 0. The summed E-state index contributed by atoms with van der Waals surface area (Å²) in [6.07, 6.45) is 69.7. The minimum absolute atomic E-state index is 0.0917. The molecule has 8 nitrogen and oxygen atoms in total. The van der Waals surface area contributed by atoms with E-state index in [1.165, 1.54) is 257 Å². The molecule has 0 aromatic heterocycles. The highest BCUT2D eigenvalue weighted by Gasteiger charge is 2.26. The molecule has 0 bridgehead atoms. The zero-order valence-corrected chi connectivity index (χ0v) is 49.8. The van der Waals surface area contributed by atoms with Gasteiger partial charge in [0.25, 0.3) is 0 Å². The van der Waals surface area contributed by atoms with Crippen molar-refractivity contribution in [2.75, 3.05) is 54.1 Å². The molecule has 428 valence electrons. The Morgan fingerprint density at radius 1 is 0.431 bits per heavy atom. The normalized spacial score (nSPS) is 13.5. The Bertz CT molecular complexity index is 1200. The number of nitrogens with zero attached hydrogens (tertiary/aromatic N) is 1. The van der Waals surface area contributed by atoms with Gasteiger partial charge < -0.3 is 18.9 Å². The minimum atomic E-state index is -4.28. The van der Waals surface area contributed by atoms with Crippen LogP contribution >= 0.6 is 7.82 Å². The molecule has 0 aromatic rings. The van der Waals surface area contributed by atoms with Gasteiger partial charge in [0.2, 0.25) is 0 Å². The summed E-state index contributed by atoms with van der Waals surface area (Å²) >= 11 is 0. The molecule has 0 aliphatic heterocycles. The Morgan fingerprint density at radius 3 is 1.12 bits per heavy atom. The summed E-state index contributed by atoms with van der Waals surface area (Å²) in [5.41, 5.74) is 0. The third-order valence-corrected chi connectivity index (χ3v) is 15.2. The molecule has 72 heavy (non-hydrogen) atoms. The first-order chi connectivity index (χ1) is 35.1. The minimum Gasteiger partial charge on any atom is -0.457 e. The fourth-order valence-electron chi connectivity index (χ4n) is 9.41. The molecule has 0 aromatic carbocycles. The molecule has 2 atom stereocenters. The molecular weight excluding hydrogens is 914 g/mol. The van der Waals surface area contributed by atoms with E-state index < -0.39 is 13.9 Å². The van der Waals surface area contributed by atoms with Gasteiger partial charge in [0.05, 0.1) is 34.4 Å². The second kappa shape index (κ2) is 56.2. The molecule has 0 heterocycles. The molecular formula is C63H125NO7P+. The first-order valence-corrected chi connectivity index (χ1v) is 33.1. The van der Waals surface area contributed by atoms with Crippen LogP contribution in [0.15, 0.2) is 24.3 Å². The lowest BCUT2D eigenvalue weighted by Crippen LogP contribution is -2.37. The van der Waals surface area contributed by atoms with Crippen LogP contribution in [0.4, 0.5) is 0 Å². The summed E-state index contributed by atoms with van der Waals surface area (Å²) in [6, 6.07) is 0. The van der Waals surface area contributed by atoms with Crippen LogP contribution in [0.5, 0.6) is 0 Å². The Morgan fingerprint density at radius 2 is 0.764 bits per heavy atom. The molecule has 0 amide bonds. The summed E-state index contributed by atoms with van der Waals surface area (Å²) in [6.45, 7) is 5.69. The van der Waals surface area contributed by atoms with Crippen molar-refractivity contribution in [3.8, 4) is 0 Å². The van der Waals surface area contributed by atoms with Gasteiger partial charge in [-0.25, -0.2) is 4.57 Å². The van der Waals surface area contributed by atoms with Crippen molar-refractivity contribution >= 4 is 13.8 Å². The first-order valence-electron chi connectivity index (χ1n) is 31.6. The predicted octanol–water partition coefficient (Wildman–Crippen LogP) is 20.2. The van der Waals surface area contributed by atoms with Gasteiger partial charge in [0.1, 0.15) is 19.3 Å². The number of quaternary nitrogens is 1. The Labute approximate surface area is 449 Å². The van der Waals surface area contributed by atoms with Crippen LogP contribution in [-0.4, -0.2) is 75.6 Å². The van der Waals surface area contributed by atoms with E-state index in [4.69, 9.17) is 18.5 Å². The number of unbranched alkanes of at least 4 members (excludes halogenated alkanes) is 42. The average Bonchev–Trinajstić information content (AvgIpc) is 3.34. The van der Waals surface area contributed by atoms with Gasteiger partial charge in [-0.2, -0.15) is 0 Å². The second-order valence-corrected chi connectivity index (χ2v) is 24.3. The van der Waals surface area contributed by atoms with E-state index >= 15 is 0 Å². The summed E-state index contributed by atoms with van der Waals surface area (Å²) < 4.78 is 35.4. The standard InChI is InChI=1S/C63H124NO7P/c1-6-8-10-12-14-16-18-20-22-24-26-28-30-32-34-36-38-40-42-44-46-48-50-52-54-56-63(65)71-62(61-70-72(66,67)69-59-57-64(3,4)5)60-68-58-55-53-51-49-47-45-43-41-39-37-35-33-31-29-27-25-23-21-19-17-15-13-11-9-7-2/h18,20,24,26,62H,6-17,19,21-23,25,27-61H2,1-5H3/p+1/b20-18-,26-24-. The van der Waals surface area contributed by atoms with Crippen LogP contribution < -0.4 is 0 Å². The monoisotopic (exact) mass is 1040 g/mol. The highest BCUT2D eigenvalue weighted by Crippen LogP contribution is 2.43. The fraction of sp³-hybridized carbons (Fsp3) is 0.921. The number of phosphoric acid groups is 1. The fourth-order valence-corrected chi connectivity index (χ4v) is 10.2. The van der Waals surface area contributed by atoms with E-state index in [0.29, 0.717) is 24.1 Å². The van der Waals surface area contributed by atoms with E-state index in [0.717, 1.165) is 38.5 Å². The van der Waals surface area contributed by atoms with Gasteiger partial charge in [-0.15, -0.1) is 0 Å². The van der Waals surface area contributed by atoms with Crippen molar-refractivity contribution < 1.29 is 37.3 Å². The highest BCUT2D eigenvalue weighted by molar-refractivity contribution is 7.47. The molecule has 0 saturated heterocycles. The van der Waals surface area contributed by atoms with Crippen molar-refractivity contribution in [1.29, 1.82) is 0 Å². The van der Waals surface area contributed by atoms with Crippen LogP contribution in [0.3, 0.4) is 0 Å². The quantitative estimate of drug-likeness (QED) is 0.0213. The van der Waals surface area contributed by atoms with Gasteiger partial charge in [-0.3, -0.25) is 13.8 Å². The number of ether oxygens (including phenoxy) is 2. The number of carbonyl (C=O) groups excluding carboxylic acids is 1. The largest absolute Gasteiger partial charge is 0.472 e. The number of hydrogen-bond acceptors (Lipinski definition) is 6. The molecule has 0 radical (unpaired) electrons. The predicted molar refractivity (Wildman–Crippen MR) is 312 cm³/mol. The van der Waals surface area contributed by atoms with Crippen molar-refractivity contribution in [3.63, 3.8) is 0 Å². The molecule has 0 rings (SSSR count). The lowest BCUT2D eigenvalue weighted by atomic mass is 10.0. The number of hydrogen-bond donors (Lipinski definition) is 1. The van der Waals surface area contributed by atoms with Gasteiger partial charge in [-0.05, 0) is 44.9 Å². The third kappa shape index (κ3) is 59.9. The first kappa shape index (κ1) is 71.0. The Balaban J connectivity index is 3.98. The number of allylic oxidation sites excluding steroid dienone is 4. The Hall–Kier alpha value is -1.02. The van der Waals surface area contributed by atoms with Gasteiger partial charge in [-0.1, -0.05) is 289 Å². The molecule has 0 aliphatic rings. The molecule has 0 saturated carbocycles. The lowest BCUT2D eigenvalue weighted by Gasteiger charge is -2.24. The van der Waals surface area contributed by atoms with Crippen LogP contribution in [0.1, 0.15) is 316 Å². The molecule has 0 aliphatic carbocycles. The van der Waals surface area contributed by atoms with Gasteiger partial charge in [0, 0.05) is 13.0 Å². The summed E-state index contributed by atoms with van der Waals surface area (Å²) in [7, 11) is 1.69. The average molecular weight is 1040 g/mol. The van der Waals surface area contributed by atoms with Crippen molar-refractivity contribution in [1.82, 2.24) is 0 Å². The van der Waals surface area contributed by atoms with Crippen molar-refractivity contribution in [2.45, 2.75) is 322 Å². The van der Waals surface area contributed by atoms with Crippen LogP contribution in [0.2, 0.25) is 0 Å². The summed E-state index contributed by atoms with van der Waals surface area (Å²) in [5.74, 6) is -0.307. The van der Waals surface area contributed by atoms with E-state index in [2.05, 4.69) is 38.2 Å². The van der Waals surface area contributed by atoms with E-state index in [1.54, 1.807) is 0 Å². The van der Waals surface area contributed by atoms with E-state index in [9.17, 15) is 14.3 Å². The number of likely N-dealkylation sites (N-methyl/N-ethyl adjacent to an activating group) is 1. The SMILES string of the molecule is CCCCCCC/C=C\C/C=C\CCCCCCCCCCCCCCCC(=O)OC(COCCCCCCCCCCCCCCCCCCCCCCCCCCC)COP(=O)(O)OCC[N+](C)(C)C. The summed E-state index contributed by atoms with van der Waals surface area (Å²) in [4.78, 5) is 23.1. The zero-order chi connectivity index (χ0) is 52.6. The smallest absolute Gasteiger partial charge is 0.457 e. The number of phosphoric ester groups is 1. The topological polar surface area (TPSA) is 91.3 Å². The van der Waals surface area contributed by atoms with E-state index in [1.807, 2.05) is 21.1 Å². The highest BCUT2D eigenvalue weighted by atomic mass is 31.2. The maximum atomic E-state index is 12.8. The number of esters is 1. The maximum absolute atomic E-state index is 12.8. The van der Waals surface area contributed by atoms with Crippen LogP contribution in [-0.2, 0) is 27.9 Å². The number of carbonyl (C=O) groups is 1. The van der Waals surface area contributed by atoms with Crippen molar-refractivity contribution in [3.05, 3.63) is 24.3 Å². The third-order valence-electron chi connectivity index (χ3n) is 14.3. The Kier molecular flexibility index (Phi) is 55.4. The maximum Gasteiger partial charge on any atom is 0.472 e. The van der Waals surface area contributed by atoms with Crippen LogP contribution in [0, 0.1) is 0 Å². The van der Waals surface area contributed by atoms with E-state index in [-0.39, 0.29) is 25.8 Å². The number of rotatable bonds is 60.